The van der Waals surface area contributed by atoms with Crippen molar-refractivity contribution in [2.45, 2.75) is 27.7 Å². The fraction of sp³-hybridized carbons (Fsp3) is 0.500. The molecule has 112 valence electrons. The fourth-order valence-electron chi connectivity index (χ4n) is 0.950. The van der Waals surface area contributed by atoms with E-state index in [1.54, 1.807) is 27.7 Å². The van der Waals surface area contributed by atoms with Gasteiger partial charge in [0.25, 0.3) is 0 Å². The van der Waals surface area contributed by atoms with E-state index in [4.69, 9.17) is 11.7 Å². The Morgan fingerprint density at radius 1 is 0.579 bits per heavy atom. The van der Waals surface area contributed by atoms with Crippen LogP contribution in [-0.2, 0) is 0 Å². The van der Waals surface area contributed by atoms with E-state index >= 15 is 0 Å². The Morgan fingerprint density at radius 2 is 0.737 bits per heavy atom. The number of nitrogens with zero attached hydrogens (tertiary/aromatic N) is 6. The van der Waals surface area contributed by atoms with Gasteiger partial charge < -0.3 is 28.1 Å². The summed E-state index contributed by atoms with van der Waals surface area (Å²) >= 11 is 0. The van der Waals surface area contributed by atoms with Crippen molar-refractivity contribution >= 4 is 0 Å². The van der Waals surface area contributed by atoms with Crippen LogP contribution in [0.25, 0.3) is 0 Å². The van der Waals surface area contributed by atoms with Gasteiger partial charge in [-0.05, 0) is 27.7 Å². The lowest BCUT2D eigenvalue weighted by Gasteiger charge is -1.91. The van der Waals surface area contributed by atoms with Gasteiger partial charge in [0.05, 0.1) is 0 Å². The second-order valence-electron chi connectivity index (χ2n) is 3.33. The lowest BCUT2D eigenvalue weighted by molar-refractivity contribution is 0.823. The van der Waals surface area contributed by atoms with Crippen molar-refractivity contribution in [3.63, 3.8) is 0 Å². The maximum absolute atomic E-state index is 5.39. The molecule has 0 saturated heterocycles. The normalized spacial score (nSPS) is 8.21. The standard InChI is InChI=1S/2C4H8N4.3H2O/c2*1-3-6-7-4(2)8(3)5;;;/h2*5H2,1-2H3;3*1H2. The van der Waals surface area contributed by atoms with E-state index in [1.165, 1.54) is 9.35 Å². The summed E-state index contributed by atoms with van der Waals surface area (Å²) in [5.41, 5.74) is 0. The molecule has 2 rings (SSSR count). The SMILES string of the molecule is Cc1nnc(C)n1N.Cc1nnc(C)n1N.O.O.O. The highest BCUT2D eigenvalue weighted by Crippen LogP contribution is 1.90. The van der Waals surface area contributed by atoms with E-state index in [-0.39, 0.29) is 16.4 Å². The maximum Gasteiger partial charge on any atom is 0.148 e. The summed E-state index contributed by atoms with van der Waals surface area (Å²) in [7, 11) is 0. The van der Waals surface area contributed by atoms with Gasteiger partial charge in [-0.1, -0.05) is 0 Å². The van der Waals surface area contributed by atoms with Gasteiger partial charge in [0.1, 0.15) is 23.3 Å². The Kier molecular flexibility index (Phi) is 10.2. The lowest BCUT2D eigenvalue weighted by Crippen LogP contribution is -2.11. The minimum absolute atomic E-state index is 0. The quantitative estimate of drug-likeness (QED) is 0.472. The molecule has 0 aliphatic heterocycles. The van der Waals surface area contributed by atoms with Gasteiger partial charge in [-0.2, -0.15) is 0 Å². The molecule has 0 unspecified atom stereocenters. The lowest BCUT2D eigenvalue weighted by atomic mass is 10.7. The highest BCUT2D eigenvalue weighted by molar-refractivity contribution is 4.90. The number of aryl methyl sites for hydroxylation is 4. The molecule has 0 aromatic carbocycles. The molecule has 11 heteroatoms. The van der Waals surface area contributed by atoms with Gasteiger partial charge in [0, 0.05) is 0 Å². The number of aromatic nitrogens is 6. The van der Waals surface area contributed by atoms with Crippen LogP contribution >= 0.6 is 0 Å². The Balaban J connectivity index is -0.000000233. The molecule has 2 aromatic heterocycles. The molecule has 0 fully saturated rings. The van der Waals surface area contributed by atoms with Crippen LogP contribution in [-0.4, -0.2) is 46.2 Å². The van der Waals surface area contributed by atoms with E-state index in [9.17, 15) is 0 Å². The molecule has 2 heterocycles. The third kappa shape index (κ3) is 5.29. The first-order valence-electron chi connectivity index (χ1n) is 4.71. The molecule has 10 N–H and O–H groups in total. The van der Waals surface area contributed by atoms with Crippen LogP contribution in [0.4, 0.5) is 0 Å². The predicted molar refractivity (Wildman–Crippen MR) is 70.1 cm³/mol. The summed E-state index contributed by atoms with van der Waals surface area (Å²) < 4.78 is 2.89. The first-order valence-corrected chi connectivity index (χ1v) is 4.71. The van der Waals surface area contributed by atoms with Crippen molar-refractivity contribution in [3.05, 3.63) is 23.3 Å². The molecule has 0 amide bonds. The van der Waals surface area contributed by atoms with Gasteiger partial charge in [-0.3, -0.25) is 0 Å². The molecule has 0 aliphatic carbocycles. The molecule has 0 bridgehead atoms. The number of rotatable bonds is 0. The minimum atomic E-state index is 0. The smallest absolute Gasteiger partial charge is 0.148 e. The van der Waals surface area contributed by atoms with Gasteiger partial charge in [-0.15, -0.1) is 20.4 Å². The predicted octanol–water partition coefficient (Wildman–Crippen LogP) is -3.26. The Labute approximate surface area is 110 Å². The summed E-state index contributed by atoms with van der Waals surface area (Å²) in [6, 6.07) is 0. The summed E-state index contributed by atoms with van der Waals surface area (Å²) in [4.78, 5) is 0. The molecule has 0 saturated carbocycles. The molecular weight excluding hydrogens is 256 g/mol. The van der Waals surface area contributed by atoms with E-state index in [0.717, 1.165) is 23.3 Å². The third-order valence-electron chi connectivity index (χ3n) is 2.07. The first-order chi connectivity index (χ1) is 7.43. The fourth-order valence-corrected chi connectivity index (χ4v) is 0.950. The number of hydrogen-bond donors (Lipinski definition) is 2. The molecule has 0 radical (unpaired) electrons. The summed E-state index contributed by atoms with van der Waals surface area (Å²) in [5, 5.41) is 14.8. The van der Waals surface area contributed by atoms with Gasteiger partial charge in [0.15, 0.2) is 0 Å². The highest BCUT2D eigenvalue weighted by Gasteiger charge is 1.96. The zero-order valence-electron chi connectivity index (χ0n) is 11.3. The second kappa shape index (κ2) is 8.79. The largest absolute Gasteiger partial charge is 0.412 e. The average Bonchev–Trinajstić information content (AvgIpc) is 2.70. The van der Waals surface area contributed by atoms with Crippen LogP contribution in [0.5, 0.6) is 0 Å². The topological polar surface area (TPSA) is 208 Å². The van der Waals surface area contributed by atoms with Crippen LogP contribution in [0, 0.1) is 27.7 Å². The molecule has 0 aliphatic rings. The maximum atomic E-state index is 5.39. The van der Waals surface area contributed by atoms with E-state index < -0.39 is 0 Å². The molecule has 11 nitrogen and oxygen atoms in total. The summed E-state index contributed by atoms with van der Waals surface area (Å²) in [6.45, 7) is 7.22. The second-order valence-corrected chi connectivity index (χ2v) is 3.33. The van der Waals surface area contributed by atoms with E-state index in [1.807, 2.05) is 0 Å². The van der Waals surface area contributed by atoms with Gasteiger partial charge >= 0.3 is 0 Å². The van der Waals surface area contributed by atoms with Crippen LogP contribution in [0.1, 0.15) is 23.3 Å². The third-order valence-corrected chi connectivity index (χ3v) is 2.07. The Bertz CT molecular complexity index is 397. The zero-order valence-corrected chi connectivity index (χ0v) is 11.3. The minimum Gasteiger partial charge on any atom is -0.412 e. The molecule has 0 atom stereocenters. The van der Waals surface area contributed by atoms with Gasteiger partial charge in [-0.25, -0.2) is 9.35 Å². The van der Waals surface area contributed by atoms with E-state index in [0.29, 0.717) is 0 Å². The van der Waals surface area contributed by atoms with Crippen molar-refractivity contribution in [2.24, 2.45) is 0 Å². The van der Waals surface area contributed by atoms with Crippen molar-refractivity contribution in [1.29, 1.82) is 0 Å². The van der Waals surface area contributed by atoms with Crippen LogP contribution < -0.4 is 11.7 Å². The summed E-state index contributed by atoms with van der Waals surface area (Å²) in [6.07, 6.45) is 0. The van der Waals surface area contributed by atoms with Gasteiger partial charge in [0.2, 0.25) is 0 Å². The highest BCUT2D eigenvalue weighted by atomic mass is 16.0. The van der Waals surface area contributed by atoms with Crippen molar-refractivity contribution in [1.82, 2.24) is 29.7 Å². The monoisotopic (exact) mass is 278 g/mol. The van der Waals surface area contributed by atoms with E-state index in [2.05, 4.69) is 20.4 Å². The summed E-state index contributed by atoms with van der Waals surface area (Å²) in [5.74, 6) is 13.7. The molecular formula is C8H22N8O3. The number of nitrogens with two attached hydrogens (primary N) is 2. The zero-order chi connectivity index (χ0) is 12.3. The number of nitrogen functional groups attached to an aromatic ring is 2. The molecule has 0 spiro atoms. The molecule has 2 aromatic rings. The van der Waals surface area contributed by atoms with Crippen LogP contribution in [0.15, 0.2) is 0 Å². The average molecular weight is 278 g/mol. The Hall–Kier alpha value is -2.24. The van der Waals surface area contributed by atoms with Crippen LogP contribution in [0.2, 0.25) is 0 Å². The van der Waals surface area contributed by atoms with Crippen molar-refractivity contribution in [2.75, 3.05) is 11.7 Å². The van der Waals surface area contributed by atoms with Crippen molar-refractivity contribution < 1.29 is 16.4 Å². The first kappa shape index (κ1) is 22.0. The Morgan fingerprint density at radius 3 is 0.789 bits per heavy atom. The number of hydrogen-bond acceptors (Lipinski definition) is 6. The molecule has 19 heavy (non-hydrogen) atoms. The van der Waals surface area contributed by atoms with Crippen LogP contribution in [0.3, 0.4) is 0 Å². The van der Waals surface area contributed by atoms with Crippen molar-refractivity contribution in [3.8, 4) is 0 Å².